The van der Waals surface area contributed by atoms with E-state index in [1.165, 1.54) is 27.8 Å². The lowest BCUT2D eigenvalue weighted by Crippen LogP contribution is -2.42. The third-order valence-corrected chi connectivity index (χ3v) is 6.99. The minimum absolute atomic E-state index is 0.107. The van der Waals surface area contributed by atoms with Gasteiger partial charge in [0.15, 0.2) is 0 Å². The summed E-state index contributed by atoms with van der Waals surface area (Å²) in [5.74, 6) is 2.90. The van der Waals surface area contributed by atoms with Gasteiger partial charge in [-0.2, -0.15) is 11.8 Å². The average molecular weight is 356 g/mol. The lowest BCUT2D eigenvalue weighted by molar-refractivity contribution is -0.0834. The predicted octanol–water partition coefficient (Wildman–Crippen LogP) is 4.06. The van der Waals surface area contributed by atoms with Crippen LogP contribution in [0.3, 0.4) is 0 Å². The van der Waals surface area contributed by atoms with Crippen molar-refractivity contribution in [3.63, 3.8) is 0 Å². The molecule has 0 bridgehead atoms. The van der Waals surface area contributed by atoms with E-state index < -0.39 is 0 Å². The highest BCUT2D eigenvalue weighted by Gasteiger charge is 2.42. The number of rotatable bonds is 2. The van der Waals surface area contributed by atoms with Crippen LogP contribution >= 0.6 is 27.7 Å². The number of benzene rings is 1. The fourth-order valence-corrected chi connectivity index (χ4v) is 5.32. The summed E-state index contributed by atoms with van der Waals surface area (Å²) in [6.45, 7) is 2.99. The standard InChI is InChI=1S/C16H22BrNOS/c1-11-3-2-4-13(14(11)17)15(18)12-5-7-19-16(9-12)6-8-20-10-16/h2-4,12,15H,5-10,18H2,1H3. The second kappa shape index (κ2) is 5.99. The normalized spacial score (nSPS) is 31.6. The molecule has 2 aliphatic rings. The second-order valence-corrected chi connectivity index (χ2v) is 7.99. The van der Waals surface area contributed by atoms with Gasteiger partial charge in [0.25, 0.3) is 0 Å². The molecular weight excluding hydrogens is 334 g/mol. The van der Waals surface area contributed by atoms with Crippen LogP contribution in [0.4, 0.5) is 0 Å². The van der Waals surface area contributed by atoms with Gasteiger partial charge in [-0.25, -0.2) is 0 Å². The number of thioether (sulfide) groups is 1. The number of ether oxygens (including phenoxy) is 1. The first-order chi connectivity index (χ1) is 9.61. The van der Waals surface area contributed by atoms with Gasteiger partial charge in [-0.3, -0.25) is 0 Å². The van der Waals surface area contributed by atoms with E-state index in [0.29, 0.717) is 5.92 Å². The molecule has 1 spiro atoms. The number of aryl methyl sites for hydroxylation is 1. The minimum Gasteiger partial charge on any atom is -0.374 e. The predicted molar refractivity (Wildman–Crippen MR) is 89.2 cm³/mol. The maximum absolute atomic E-state index is 6.60. The Morgan fingerprint density at radius 3 is 3.10 bits per heavy atom. The van der Waals surface area contributed by atoms with Crippen LogP contribution < -0.4 is 5.73 Å². The van der Waals surface area contributed by atoms with Crippen molar-refractivity contribution in [2.45, 2.75) is 37.8 Å². The van der Waals surface area contributed by atoms with Crippen molar-refractivity contribution in [3.8, 4) is 0 Å². The Kier molecular flexibility index (Phi) is 4.46. The molecule has 2 fully saturated rings. The summed E-state index contributed by atoms with van der Waals surface area (Å²) in [6.07, 6.45) is 3.38. The first-order valence-electron chi connectivity index (χ1n) is 7.34. The highest BCUT2D eigenvalue weighted by Crippen LogP contribution is 2.44. The second-order valence-electron chi connectivity index (χ2n) is 6.09. The van der Waals surface area contributed by atoms with Crippen molar-refractivity contribution in [3.05, 3.63) is 33.8 Å². The smallest absolute Gasteiger partial charge is 0.0783 e. The van der Waals surface area contributed by atoms with Crippen LogP contribution in [0, 0.1) is 12.8 Å². The molecule has 1 aromatic carbocycles. The lowest BCUT2D eigenvalue weighted by Gasteiger charge is -2.40. The Balaban J connectivity index is 1.79. The zero-order valence-electron chi connectivity index (χ0n) is 11.9. The number of hydrogen-bond donors (Lipinski definition) is 1. The van der Waals surface area contributed by atoms with Crippen molar-refractivity contribution >= 4 is 27.7 Å². The molecule has 0 aliphatic carbocycles. The van der Waals surface area contributed by atoms with Crippen LogP contribution in [0.2, 0.25) is 0 Å². The summed E-state index contributed by atoms with van der Waals surface area (Å²) >= 11 is 5.73. The first kappa shape index (κ1) is 14.9. The largest absolute Gasteiger partial charge is 0.374 e. The third-order valence-electron chi connectivity index (χ3n) is 4.69. The molecule has 2 saturated heterocycles. The zero-order chi connectivity index (χ0) is 14.2. The Bertz CT molecular complexity index is 487. The molecule has 4 heteroatoms. The summed E-state index contributed by atoms with van der Waals surface area (Å²) < 4.78 is 7.28. The Hall–Kier alpha value is -0.0300. The van der Waals surface area contributed by atoms with Gasteiger partial charge in [0, 0.05) is 22.9 Å². The molecule has 20 heavy (non-hydrogen) atoms. The first-order valence-corrected chi connectivity index (χ1v) is 9.28. The fraction of sp³-hybridized carbons (Fsp3) is 0.625. The number of hydrogen-bond acceptors (Lipinski definition) is 3. The Morgan fingerprint density at radius 2 is 2.35 bits per heavy atom. The molecule has 0 amide bonds. The van der Waals surface area contributed by atoms with Crippen LogP contribution in [0.1, 0.15) is 36.4 Å². The van der Waals surface area contributed by atoms with Gasteiger partial charge in [-0.05, 0) is 49.0 Å². The fourth-order valence-electron chi connectivity index (χ4n) is 3.42. The van der Waals surface area contributed by atoms with Crippen LogP contribution in [-0.4, -0.2) is 23.7 Å². The molecule has 2 N–H and O–H groups in total. The van der Waals surface area contributed by atoms with Gasteiger partial charge in [0.1, 0.15) is 0 Å². The number of nitrogens with two attached hydrogens (primary N) is 1. The van der Waals surface area contributed by atoms with Gasteiger partial charge >= 0.3 is 0 Å². The SMILES string of the molecule is Cc1cccc(C(N)C2CCOC3(CCSC3)C2)c1Br. The molecule has 1 aromatic rings. The van der Waals surface area contributed by atoms with Crippen LogP contribution in [0.5, 0.6) is 0 Å². The van der Waals surface area contributed by atoms with Crippen molar-refractivity contribution in [2.75, 3.05) is 18.1 Å². The highest BCUT2D eigenvalue weighted by atomic mass is 79.9. The van der Waals surface area contributed by atoms with E-state index in [9.17, 15) is 0 Å². The maximum Gasteiger partial charge on any atom is 0.0783 e. The Morgan fingerprint density at radius 1 is 1.50 bits per heavy atom. The van der Waals surface area contributed by atoms with E-state index >= 15 is 0 Å². The lowest BCUT2D eigenvalue weighted by atomic mass is 9.79. The van der Waals surface area contributed by atoms with E-state index in [1.54, 1.807) is 0 Å². The molecule has 2 aliphatic heterocycles. The molecule has 0 radical (unpaired) electrons. The summed E-state index contributed by atoms with van der Waals surface area (Å²) in [5.41, 5.74) is 9.22. The zero-order valence-corrected chi connectivity index (χ0v) is 14.3. The quantitative estimate of drug-likeness (QED) is 0.868. The molecule has 2 heterocycles. The van der Waals surface area contributed by atoms with Gasteiger partial charge in [-0.1, -0.05) is 34.1 Å². The van der Waals surface area contributed by atoms with E-state index in [1.807, 2.05) is 11.8 Å². The molecular formula is C16H22BrNOS. The van der Waals surface area contributed by atoms with Gasteiger partial charge in [-0.15, -0.1) is 0 Å². The molecule has 2 nitrogen and oxygen atoms in total. The van der Waals surface area contributed by atoms with Crippen molar-refractivity contribution in [1.29, 1.82) is 0 Å². The Labute approximate surface area is 134 Å². The van der Waals surface area contributed by atoms with Gasteiger partial charge in [0.2, 0.25) is 0 Å². The molecule has 3 rings (SSSR count). The molecule has 3 atom stereocenters. The van der Waals surface area contributed by atoms with E-state index in [4.69, 9.17) is 10.5 Å². The van der Waals surface area contributed by atoms with E-state index in [-0.39, 0.29) is 11.6 Å². The molecule has 3 unspecified atom stereocenters. The number of halogens is 1. The van der Waals surface area contributed by atoms with E-state index in [2.05, 4.69) is 41.1 Å². The minimum atomic E-state index is 0.107. The van der Waals surface area contributed by atoms with E-state index in [0.717, 1.165) is 25.2 Å². The summed E-state index contributed by atoms with van der Waals surface area (Å²) in [5, 5.41) is 0. The summed E-state index contributed by atoms with van der Waals surface area (Å²) in [7, 11) is 0. The highest BCUT2D eigenvalue weighted by molar-refractivity contribution is 9.10. The molecule has 0 aromatic heterocycles. The summed E-state index contributed by atoms with van der Waals surface area (Å²) in [4.78, 5) is 0. The van der Waals surface area contributed by atoms with Gasteiger partial charge < -0.3 is 10.5 Å². The monoisotopic (exact) mass is 355 g/mol. The third kappa shape index (κ3) is 2.80. The summed E-state index contributed by atoms with van der Waals surface area (Å²) in [6, 6.07) is 6.50. The van der Waals surface area contributed by atoms with Crippen LogP contribution in [0.15, 0.2) is 22.7 Å². The van der Waals surface area contributed by atoms with Crippen LogP contribution in [-0.2, 0) is 4.74 Å². The van der Waals surface area contributed by atoms with Gasteiger partial charge in [0.05, 0.1) is 5.60 Å². The average Bonchev–Trinajstić information content (AvgIpc) is 2.89. The van der Waals surface area contributed by atoms with Crippen molar-refractivity contribution in [2.24, 2.45) is 11.7 Å². The van der Waals surface area contributed by atoms with Crippen molar-refractivity contribution in [1.82, 2.24) is 0 Å². The van der Waals surface area contributed by atoms with Crippen molar-refractivity contribution < 1.29 is 4.74 Å². The maximum atomic E-state index is 6.60. The molecule has 0 saturated carbocycles. The topological polar surface area (TPSA) is 35.2 Å². The van der Waals surface area contributed by atoms with Crippen LogP contribution in [0.25, 0.3) is 0 Å². The molecule has 110 valence electrons.